The van der Waals surface area contributed by atoms with E-state index in [-0.39, 0.29) is 35.4 Å². The standard InChI is InChI=1S/C20H21ClFNO3/c1-13(2)19(23-18(24)11-14-7-4-3-5-8-14)20(25)26-12-15-16(21)9-6-10-17(15)22/h3-10,13,19H,11-12H2,1-2H3,(H,23,24). The Labute approximate surface area is 157 Å². The third-order valence-corrected chi connectivity index (χ3v) is 4.22. The van der Waals surface area contributed by atoms with Crippen molar-refractivity contribution in [2.45, 2.75) is 32.9 Å². The summed E-state index contributed by atoms with van der Waals surface area (Å²) in [6.07, 6.45) is 0.163. The van der Waals surface area contributed by atoms with Crippen molar-refractivity contribution in [2.75, 3.05) is 0 Å². The average molecular weight is 378 g/mol. The normalized spacial score (nSPS) is 11.9. The number of hydrogen-bond donors (Lipinski definition) is 1. The van der Waals surface area contributed by atoms with Crippen LogP contribution >= 0.6 is 11.6 Å². The predicted octanol–water partition coefficient (Wildman–Crippen LogP) is 3.91. The van der Waals surface area contributed by atoms with Crippen molar-refractivity contribution < 1.29 is 18.7 Å². The molecule has 1 N–H and O–H groups in total. The average Bonchev–Trinajstić information content (AvgIpc) is 2.59. The van der Waals surface area contributed by atoms with Crippen LogP contribution in [-0.2, 0) is 27.4 Å². The zero-order valence-electron chi connectivity index (χ0n) is 14.7. The van der Waals surface area contributed by atoms with Gasteiger partial charge in [0.05, 0.1) is 11.4 Å². The second-order valence-corrected chi connectivity index (χ2v) is 6.67. The Morgan fingerprint density at radius 2 is 1.81 bits per heavy atom. The minimum absolute atomic E-state index is 0.112. The number of esters is 1. The van der Waals surface area contributed by atoms with Gasteiger partial charge in [-0.05, 0) is 23.6 Å². The van der Waals surface area contributed by atoms with E-state index in [2.05, 4.69) is 5.32 Å². The highest BCUT2D eigenvalue weighted by Gasteiger charge is 2.26. The Kier molecular flexibility index (Phi) is 7.16. The number of amides is 1. The van der Waals surface area contributed by atoms with Crippen molar-refractivity contribution in [3.8, 4) is 0 Å². The van der Waals surface area contributed by atoms with Gasteiger partial charge in [0.1, 0.15) is 18.5 Å². The summed E-state index contributed by atoms with van der Waals surface area (Å²) in [6.45, 7) is 3.30. The maximum atomic E-state index is 13.8. The number of halogens is 2. The fraction of sp³-hybridized carbons (Fsp3) is 0.300. The summed E-state index contributed by atoms with van der Waals surface area (Å²) in [5, 5.41) is 2.88. The van der Waals surface area contributed by atoms with Gasteiger partial charge in [-0.3, -0.25) is 4.79 Å². The summed E-state index contributed by atoms with van der Waals surface area (Å²) in [5.41, 5.74) is 0.958. The molecule has 0 fully saturated rings. The quantitative estimate of drug-likeness (QED) is 0.744. The van der Waals surface area contributed by atoms with Crippen LogP contribution < -0.4 is 5.32 Å². The maximum Gasteiger partial charge on any atom is 0.329 e. The topological polar surface area (TPSA) is 55.4 Å². The van der Waals surface area contributed by atoms with Gasteiger partial charge in [-0.2, -0.15) is 0 Å². The van der Waals surface area contributed by atoms with Crippen molar-refractivity contribution in [3.63, 3.8) is 0 Å². The molecule has 2 rings (SSSR count). The molecule has 1 atom stereocenters. The van der Waals surface area contributed by atoms with E-state index in [4.69, 9.17) is 16.3 Å². The first-order valence-corrected chi connectivity index (χ1v) is 8.69. The molecule has 0 aliphatic carbocycles. The SMILES string of the molecule is CC(C)C(NC(=O)Cc1ccccc1)C(=O)OCc1c(F)cccc1Cl. The number of nitrogens with one attached hydrogen (secondary N) is 1. The fourth-order valence-electron chi connectivity index (χ4n) is 2.41. The third kappa shape index (κ3) is 5.56. The third-order valence-electron chi connectivity index (χ3n) is 3.87. The van der Waals surface area contributed by atoms with Crippen LogP contribution in [0.4, 0.5) is 4.39 Å². The Morgan fingerprint density at radius 1 is 1.12 bits per heavy atom. The first-order valence-electron chi connectivity index (χ1n) is 8.31. The number of carbonyl (C=O) groups excluding carboxylic acids is 2. The maximum absolute atomic E-state index is 13.8. The molecule has 1 amide bonds. The van der Waals surface area contributed by atoms with Crippen molar-refractivity contribution in [1.82, 2.24) is 5.32 Å². The molecule has 2 aromatic rings. The molecule has 0 spiro atoms. The minimum Gasteiger partial charge on any atom is -0.459 e. The van der Waals surface area contributed by atoms with Crippen molar-refractivity contribution >= 4 is 23.5 Å². The van der Waals surface area contributed by atoms with E-state index in [1.54, 1.807) is 13.8 Å². The largest absolute Gasteiger partial charge is 0.459 e. The molecule has 1 unspecified atom stereocenters. The molecule has 0 saturated carbocycles. The summed E-state index contributed by atoms with van der Waals surface area (Å²) in [6, 6.07) is 12.6. The summed E-state index contributed by atoms with van der Waals surface area (Å²) in [5.74, 6) is -1.63. The number of ether oxygens (including phenoxy) is 1. The molecule has 0 heterocycles. The first-order chi connectivity index (χ1) is 12.4. The van der Waals surface area contributed by atoms with Gasteiger partial charge in [-0.15, -0.1) is 0 Å². The molecule has 0 radical (unpaired) electrons. The van der Waals surface area contributed by atoms with Gasteiger partial charge in [-0.25, -0.2) is 9.18 Å². The van der Waals surface area contributed by atoms with Crippen LogP contribution in [0.15, 0.2) is 48.5 Å². The molecule has 0 saturated heterocycles. The molecular formula is C20H21ClFNO3. The minimum atomic E-state index is -0.822. The van der Waals surface area contributed by atoms with Gasteiger partial charge in [-0.1, -0.05) is 61.8 Å². The molecule has 0 aliphatic rings. The molecule has 0 aromatic heterocycles. The van der Waals surface area contributed by atoms with E-state index in [1.807, 2.05) is 30.3 Å². The van der Waals surface area contributed by atoms with Crippen LogP contribution in [-0.4, -0.2) is 17.9 Å². The number of rotatable bonds is 7. The molecular weight excluding hydrogens is 357 g/mol. The Balaban J connectivity index is 1.97. The Bertz CT molecular complexity index is 745. The van der Waals surface area contributed by atoms with Crippen LogP contribution in [0.5, 0.6) is 0 Å². The Hall–Kier alpha value is -2.40. The molecule has 6 heteroatoms. The van der Waals surface area contributed by atoms with Gasteiger partial charge in [0.15, 0.2) is 0 Å². The lowest BCUT2D eigenvalue weighted by Crippen LogP contribution is -2.45. The summed E-state index contributed by atoms with van der Waals surface area (Å²) >= 11 is 5.93. The van der Waals surface area contributed by atoms with Gasteiger partial charge in [0, 0.05) is 5.56 Å². The molecule has 0 bridgehead atoms. The second kappa shape index (κ2) is 9.34. The number of carbonyl (C=O) groups is 2. The molecule has 4 nitrogen and oxygen atoms in total. The smallest absolute Gasteiger partial charge is 0.329 e. The highest BCUT2D eigenvalue weighted by molar-refractivity contribution is 6.31. The van der Waals surface area contributed by atoms with E-state index < -0.39 is 17.8 Å². The van der Waals surface area contributed by atoms with Crippen LogP contribution in [0.2, 0.25) is 5.02 Å². The van der Waals surface area contributed by atoms with Crippen LogP contribution in [0.1, 0.15) is 25.0 Å². The highest BCUT2D eigenvalue weighted by atomic mass is 35.5. The van der Waals surface area contributed by atoms with Crippen molar-refractivity contribution in [1.29, 1.82) is 0 Å². The summed E-state index contributed by atoms with van der Waals surface area (Å²) in [7, 11) is 0. The number of benzene rings is 2. The monoisotopic (exact) mass is 377 g/mol. The predicted molar refractivity (Wildman–Crippen MR) is 98.1 cm³/mol. The zero-order chi connectivity index (χ0) is 19.1. The van der Waals surface area contributed by atoms with Crippen LogP contribution in [0.3, 0.4) is 0 Å². The van der Waals surface area contributed by atoms with E-state index in [0.29, 0.717) is 0 Å². The van der Waals surface area contributed by atoms with Crippen molar-refractivity contribution in [3.05, 3.63) is 70.5 Å². The molecule has 2 aromatic carbocycles. The van der Waals surface area contributed by atoms with E-state index >= 15 is 0 Å². The lowest BCUT2D eigenvalue weighted by molar-refractivity contribution is -0.150. The van der Waals surface area contributed by atoms with Crippen LogP contribution in [0.25, 0.3) is 0 Å². The van der Waals surface area contributed by atoms with Gasteiger partial charge in [0.25, 0.3) is 0 Å². The lowest BCUT2D eigenvalue weighted by Gasteiger charge is -2.21. The van der Waals surface area contributed by atoms with Gasteiger partial charge < -0.3 is 10.1 Å². The fourth-order valence-corrected chi connectivity index (χ4v) is 2.62. The van der Waals surface area contributed by atoms with Gasteiger partial charge >= 0.3 is 5.97 Å². The van der Waals surface area contributed by atoms with E-state index in [0.717, 1.165) is 5.56 Å². The molecule has 138 valence electrons. The summed E-state index contributed by atoms with van der Waals surface area (Å²) in [4.78, 5) is 24.6. The number of hydrogen-bond acceptors (Lipinski definition) is 3. The second-order valence-electron chi connectivity index (χ2n) is 6.26. The summed E-state index contributed by atoms with van der Waals surface area (Å²) < 4.78 is 19.0. The van der Waals surface area contributed by atoms with Gasteiger partial charge in [0.2, 0.25) is 5.91 Å². The first kappa shape index (κ1) is 19.9. The molecule has 26 heavy (non-hydrogen) atoms. The zero-order valence-corrected chi connectivity index (χ0v) is 15.4. The van der Waals surface area contributed by atoms with E-state index in [1.165, 1.54) is 18.2 Å². The van der Waals surface area contributed by atoms with Crippen LogP contribution in [0, 0.1) is 11.7 Å². The Morgan fingerprint density at radius 3 is 2.42 bits per heavy atom. The van der Waals surface area contributed by atoms with Crippen molar-refractivity contribution in [2.24, 2.45) is 5.92 Å². The molecule has 0 aliphatic heterocycles. The lowest BCUT2D eigenvalue weighted by atomic mass is 10.0. The highest BCUT2D eigenvalue weighted by Crippen LogP contribution is 2.20. The van der Waals surface area contributed by atoms with E-state index in [9.17, 15) is 14.0 Å².